The maximum absolute atomic E-state index is 12.7. The molecule has 7 nitrogen and oxygen atoms in total. The van der Waals surface area contributed by atoms with Gasteiger partial charge in [0.2, 0.25) is 5.91 Å². The molecule has 1 aromatic carbocycles. The van der Waals surface area contributed by atoms with Crippen LogP contribution in [0, 0.1) is 12.8 Å². The topological polar surface area (TPSA) is 107 Å². The molecule has 1 heterocycles. The molecule has 0 spiro atoms. The van der Waals surface area contributed by atoms with E-state index in [2.05, 4.69) is 5.32 Å². The Balaban J connectivity index is 2.34. The number of carboxylic acid groups (broad SMARTS) is 2. The number of likely N-dealkylation sites (tertiary alicyclic amines) is 1. The molecule has 1 aliphatic heterocycles. The van der Waals surface area contributed by atoms with Crippen LogP contribution in [0.2, 0.25) is 0 Å². The van der Waals surface area contributed by atoms with Crippen molar-refractivity contribution in [2.75, 3.05) is 13.6 Å². The van der Waals surface area contributed by atoms with Crippen LogP contribution in [0.25, 0.3) is 0 Å². The van der Waals surface area contributed by atoms with Gasteiger partial charge in [-0.1, -0.05) is 24.3 Å². The van der Waals surface area contributed by atoms with Gasteiger partial charge in [-0.25, -0.2) is 0 Å². The van der Waals surface area contributed by atoms with E-state index >= 15 is 0 Å². The fourth-order valence-corrected chi connectivity index (χ4v) is 3.50. The molecule has 1 amide bonds. The molecule has 2 unspecified atom stereocenters. The maximum Gasteiger partial charge on any atom is 0.323 e. The molecule has 7 heteroatoms. The summed E-state index contributed by atoms with van der Waals surface area (Å²) in [5.74, 6) is -2.85. The lowest BCUT2D eigenvalue weighted by atomic mass is 9.88. The first kappa shape index (κ1) is 18.9. The lowest BCUT2D eigenvalue weighted by Gasteiger charge is -2.32. The van der Waals surface area contributed by atoms with Crippen LogP contribution >= 0.6 is 0 Å². The van der Waals surface area contributed by atoms with E-state index in [4.69, 9.17) is 5.11 Å². The third-order valence-corrected chi connectivity index (χ3v) is 5.14. The van der Waals surface area contributed by atoms with E-state index in [1.165, 1.54) is 0 Å². The van der Waals surface area contributed by atoms with Gasteiger partial charge >= 0.3 is 11.9 Å². The fraction of sp³-hybridized carbons (Fsp3) is 0.500. The highest BCUT2D eigenvalue weighted by molar-refractivity contribution is 5.85. The van der Waals surface area contributed by atoms with E-state index in [1.54, 1.807) is 18.9 Å². The Labute approximate surface area is 146 Å². The molecule has 1 fully saturated rings. The Morgan fingerprint density at radius 1 is 1.28 bits per heavy atom. The van der Waals surface area contributed by atoms with Crippen molar-refractivity contribution in [2.24, 2.45) is 5.92 Å². The number of aryl methyl sites for hydroxylation is 1. The van der Waals surface area contributed by atoms with Gasteiger partial charge in [-0.3, -0.25) is 19.3 Å². The molecular weight excluding hydrogens is 324 g/mol. The summed E-state index contributed by atoms with van der Waals surface area (Å²) in [6, 6.07) is 7.21. The van der Waals surface area contributed by atoms with Gasteiger partial charge in [0.25, 0.3) is 0 Å². The van der Waals surface area contributed by atoms with E-state index in [0.717, 1.165) is 11.1 Å². The predicted octanol–water partition coefficient (Wildman–Crippen LogP) is 1.42. The Morgan fingerprint density at radius 3 is 2.48 bits per heavy atom. The van der Waals surface area contributed by atoms with Gasteiger partial charge in [0.05, 0.1) is 12.3 Å². The standard InChI is InChI=1S/C18H24N2O5/c1-11-6-4-5-7-12(11)15-13(16(23)19-9-8-14(21)22)10-18(2,17(24)25)20(15)3/h4-7,13,15H,8-10H2,1-3H3,(H,19,23)(H,21,22)(H,24,25)/t13?,15?,18-/m0/s1. The number of amides is 1. The van der Waals surface area contributed by atoms with Crippen molar-refractivity contribution in [1.29, 1.82) is 0 Å². The van der Waals surface area contributed by atoms with Crippen molar-refractivity contribution in [3.05, 3.63) is 35.4 Å². The molecule has 25 heavy (non-hydrogen) atoms. The average molecular weight is 348 g/mol. The number of carboxylic acids is 2. The Morgan fingerprint density at radius 2 is 1.92 bits per heavy atom. The van der Waals surface area contributed by atoms with E-state index in [0.29, 0.717) is 0 Å². The van der Waals surface area contributed by atoms with Crippen LogP contribution in [0.15, 0.2) is 24.3 Å². The monoisotopic (exact) mass is 348 g/mol. The third-order valence-electron chi connectivity index (χ3n) is 5.14. The summed E-state index contributed by atoms with van der Waals surface area (Å²) < 4.78 is 0. The van der Waals surface area contributed by atoms with Crippen molar-refractivity contribution in [1.82, 2.24) is 10.2 Å². The van der Waals surface area contributed by atoms with Gasteiger partial charge in [0.1, 0.15) is 5.54 Å². The molecule has 1 aromatic rings. The maximum atomic E-state index is 12.7. The molecule has 0 aliphatic carbocycles. The lowest BCUT2D eigenvalue weighted by Crippen LogP contribution is -2.46. The summed E-state index contributed by atoms with van der Waals surface area (Å²) in [6.07, 6.45) is -0.00370. The number of likely N-dealkylation sites (N-methyl/N-ethyl adjacent to an activating group) is 1. The number of benzene rings is 1. The number of hydrogen-bond acceptors (Lipinski definition) is 4. The Hall–Kier alpha value is -2.41. The second-order valence-electron chi connectivity index (χ2n) is 6.74. The number of carbonyl (C=O) groups is 3. The Bertz CT molecular complexity index is 690. The summed E-state index contributed by atoms with van der Waals surface area (Å²) in [5, 5.41) is 21.0. The molecule has 0 saturated carbocycles. The quantitative estimate of drug-likeness (QED) is 0.718. The SMILES string of the molecule is Cc1ccccc1C1C(C(=O)NCCC(=O)O)C[C@@](C)(C(=O)O)N1C. The average Bonchev–Trinajstić information content (AvgIpc) is 2.81. The summed E-state index contributed by atoms with van der Waals surface area (Å²) in [7, 11) is 1.72. The van der Waals surface area contributed by atoms with Crippen molar-refractivity contribution in [3.63, 3.8) is 0 Å². The van der Waals surface area contributed by atoms with Crippen molar-refractivity contribution in [2.45, 2.75) is 38.3 Å². The number of rotatable bonds is 6. The number of nitrogens with one attached hydrogen (secondary N) is 1. The molecule has 3 atom stereocenters. The predicted molar refractivity (Wildman–Crippen MR) is 91.1 cm³/mol. The summed E-state index contributed by atoms with van der Waals surface area (Å²) in [4.78, 5) is 36.8. The summed E-state index contributed by atoms with van der Waals surface area (Å²) in [6.45, 7) is 3.57. The first-order valence-electron chi connectivity index (χ1n) is 8.20. The van der Waals surface area contributed by atoms with Gasteiger partial charge in [-0.15, -0.1) is 0 Å². The van der Waals surface area contributed by atoms with Crippen LogP contribution in [0.3, 0.4) is 0 Å². The van der Waals surface area contributed by atoms with E-state index in [1.807, 2.05) is 31.2 Å². The normalized spacial score (nSPS) is 26.4. The van der Waals surface area contributed by atoms with Crippen LogP contribution in [0.1, 0.15) is 36.9 Å². The molecule has 3 N–H and O–H groups in total. The summed E-state index contributed by atoms with van der Waals surface area (Å²) >= 11 is 0. The second kappa shape index (κ2) is 7.23. The van der Waals surface area contributed by atoms with Crippen LogP contribution in [0.4, 0.5) is 0 Å². The molecular formula is C18H24N2O5. The first-order chi connectivity index (χ1) is 11.7. The molecule has 2 rings (SSSR count). The number of aliphatic carboxylic acids is 2. The minimum atomic E-state index is -1.16. The Kier molecular flexibility index (Phi) is 5.47. The van der Waals surface area contributed by atoms with Gasteiger partial charge in [0, 0.05) is 12.6 Å². The van der Waals surface area contributed by atoms with Gasteiger partial charge in [-0.05, 0) is 38.4 Å². The first-order valence-corrected chi connectivity index (χ1v) is 8.20. The molecule has 0 bridgehead atoms. The van der Waals surface area contributed by atoms with Gasteiger partial charge < -0.3 is 15.5 Å². The minimum Gasteiger partial charge on any atom is -0.481 e. The highest BCUT2D eigenvalue weighted by Gasteiger charge is 2.54. The van der Waals surface area contributed by atoms with Crippen molar-refractivity contribution < 1.29 is 24.6 Å². The van der Waals surface area contributed by atoms with E-state index in [9.17, 15) is 19.5 Å². The zero-order valence-corrected chi connectivity index (χ0v) is 14.7. The molecule has 1 saturated heterocycles. The molecule has 136 valence electrons. The highest BCUT2D eigenvalue weighted by Crippen LogP contribution is 2.46. The third kappa shape index (κ3) is 3.66. The van der Waals surface area contributed by atoms with Gasteiger partial charge in [0.15, 0.2) is 0 Å². The number of carbonyl (C=O) groups excluding carboxylic acids is 1. The van der Waals surface area contributed by atoms with E-state index in [-0.39, 0.29) is 31.3 Å². The second-order valence-corrected chi connectivity index (χ2v) is 6.74. The molecule has 1 aliphatic rings. The highest BCUT2D eigenvalue weighted by atomic mass is 16.4. The summed E-state index contributed by atoms with van der Waals surface area (Å²) in [5.41, 5.74) is 0.729. The van der Waals surface area contributed by atoms with Crippen LogP contribution in [-0.2, 0) is 14.4 Å². The van der Waals surface area contributed by atoms with Gasteiger partial charge in [-0.2, -0.15) is 0 Å². The van der Waals surface area contributed by atoms with Crippen LogP contribution in [0.5, 0.6) is 0 Å². The smallest absolute Gasteiger partial charge is 0.323 e. The lowest BCUT2D eigenvalue weighted by molar-refractivity contribution is -0.148. The molecule has 0 radical (unpaired) electrons. The number of hydrogen-bond donors (Lipinski definition) is 3. The van der Waals surface area contributed by atoms with Crippen LogP contribution in [-0.4, -0.2) is 52.1 Å². The fourth-order valence-electron chi connectivity index (χ4n) is 3.50. The zero-order chi connectivity index (χ0) is 18.8. The minimum absolute atomic E-state index is 0.0264. The van der Waals surface area contributed by atoms with Crippen LogP contribution < -0.4 is 5.32 Å². The van der Waals surface area contributed by atoms with Crippen molar-refractivity contribution >= 4 is 17.8 Å². The van der Waals surface area contributed by atoms with E-state index < -0.39 is 23.4 Å². The number of nitrogens with zero attached hydrogens (tertiary/aromatic N) is 1. The van der Waals surface area contributed by atoms with Crippen molar-refractivity contribution in [3.8, 4) is 0 Å². The zero-order valence-electron chi connectivity index (χ0n) is 14.7. The largest absolute Gasteiger partial charge is 0.481 e. The molecule has 0 aromatic heterocycles.